The van der Waals surface area contributed by atoms with Crippen LogP contribution in [0.4, 0.5) is 0 Å². The van der Waals surface area contributed by atoms with Crippen molar-refractivity contribution in [3.63, 3.8) is 0 Å². The summed E-state index contributed by atoms with van der Waals surface area (Å²) in [4.78, 5) is 2.63. The predicted octanol–water partition coefficient (Wildman–Crippen LogP) is 8.97. The summed E-state index contributed by atoms with van der Waals surface area (Å²) in [6.07, 6.45) is 7.57. The Morgan fingerprint density at radius 1 is 0.917 bits per heavy atom. The average molecular weight is 478 g/mol. The van der Waals surface area contributed by atoms with Gasteiger partial charge in [0.05, 0.1) is 0 Å². The lowest BCUT2D eigenvalue weighted by Crippen LogP contribution is -2.26. The van der Waals surface area contributed by atoms with Crippen molar-refractivity contribution in [1.82, 2.24) is 4.90 Å². The van der Waals surface area contributed by atoms with E-state index in [2.05, 4.69) is 106 Å². The average Bonchev–Trinajstić information content (AvgIpc) is 3.27. The molecule has 0 saturated carbocycles. The van der Waals surface area contributed by atoms with Crippen molar-refractivity contribution < 1.29 is 0 Å². The molecule has 1 aliphatic heterocycles. The lowest BCUT2D eigenvalue weighted by atomic mass is 9.80. The third-order valence-electron chi connectivity index (χ3n) is 8.43. The van der Waals surface area contributed by atoms with Crippen molar-refractivity contribution in [3.8, 4) is 11.1 Å². The van der Waals surface area contributed by atoms with Crippen molar-refractivity contribution in [2.45, 2.75) is 66.3 Å². The van der Waals surface area contributed by atoms with Gasteiger partial charge in [-0.05, 0) is 90.6 Å². The zero-order valence-electron chi connectivity index (χ0n) is 22.9. The van der Waals surface area contributed by atoms with Gasteiger partial charge < -0.3 is 0 Å². The van der Waals surface area contributed by atoms with Gasteiger partial charge >= 0.3 is 0 Å². The molecule has 1 unspecified atom stereocenters. The van der Waals surface area contributed by atoms with E-state index in [9.17, 15) is 0 Å². The zero-order chi connectivity index (χ0) is 25.7. The zero-order valence-corrected chi connectivity index (χ0v) is 22.9. The topological polar surface area (TPSA) is 3.24 Å². The van der Waals surface area contributed by atoms with Gasteiger partial charge in [-0.2, -0.15) is 0 Å². The number of rotatable bonds is 10. The van der Waals surface area contributed by atoms with Crippen LogP contribution < -0.4 is 0 Å². The molecule has 0 aliphatic carbocycles. The molecule has 1 nitrogen and oxygen atoms in total. The van der Waals surface area contributed by atoms with Crippen LogP contribution in [0.1, 0.15) is 66.5 Å². The molecule has 1 aliphatic rings. The molecule has 1 fully saturated rings. The Morgan fingerprint density at radius 3 is 2.19 bits per heavy atom. The second-order valence-corrected chi connectivity index (χ2v) is 11.0. The van der Waals surface area contributed by atoms with Crippen molar-refractivity contribution >= 4 is 6.08 Å². The monoisotopic (exact) mass is 477 g/mol. The van der Waals surface area contributed by atoms with Crippen molar-refractivity contribution in [1.29, 1.82) is 0 Å². The fourth-order valence-corrected chi connectivity index (χ4v) is 5.82. The first kappa shape index (κ1) is 26.2. The lowest BCUT2D eigenvalue weighted by Gasteiger charge is -2.27. The van der Waals surface area contributed by atoms with Crippen LogP contribution in [-0.2, 0) is 19.4 Å². The van der Waals surface area contributed by atoms with Gasteiger partial charge in [-0.3, -0.25) is 4.90 Å². The van der Waals surface area contributed by atoms with Crippen LogP contribution in [0.5, 0.6) is 0 Å². The van der Waals surface area contributed by atoms with Crippen LogP contribution in [0.3, 0.4) is 0 Å². The minimum Gasteiger partial charge on any atom is -0.298 e. The summed E-state index contributed by atoms with van der Waals surface area (Å²) in [5.74, 6) is 0. The fraction of sp³-hybridized carbons (Fsp3) is 0.371. The molecule has 0 radical (unpaired) electrons. The Labute approximate surface area is 219 Å². The number of hydrogen-bond donors (Lipinski definition) is 0. The van der Waals surface area contributed by atoms with E-state index in [0.717, 1.165) is 38.9 Å². The van der Waals surface area contributed by atoms with E-state index in [4.69, 9.17) is 0 Å². The highest BCUT2D eigenvalue weighted by atomic mass is 15.2. The molecule has 3 aromatic rings. The first-order valence-electron chi connectivity index (χ1n) is 13.6. The third-order valence-corrected chi connectivity index (χ3v) is 8.43. The summed E-state index contributed by atoms with van der Waals surface area (Å²) in [6.45, 7) is 20.9. The molecule has 1 atom stereocenters. The minimum atomic E-state index is 0.262. The first-order chi connectivity index (χ1) is 17.3. The smallest absolute Gasteiger partial charge is 0.0236 e. The van der Waals surface area contributed by atoms with Gasteiger partial charge in [-0.15, -0.1) is 0 Å². The Kier molecular flexibility index (Phi) is 8.32. The maximum Gasteiger partial charge on any atom is 0.0236 e. The summed E-state index contributed by atoms with van der Waals surface area (Å²) < 4.78 is 0. The summed E-state index contributed by atoms with van der Waals surface area (Å²) in [7, 11) is 0. The molecule has 36 heavy (non-hydrogen) atoms. The van der Waals surface area contributed by atoms with E-state index in [1.54, 1.807) is 0 Å². The quantitative estimate of drug-likeness (QED) is 0.263. The number of aryl methyl sites for hydroxylation is 2. The molecular weight excluding hydrogens is 434 g/mol. The largest absolute Gasteiger partial charge is 0.298 e. The van der Waals surface area contributed by atoms with Crippen molar-refractivity contribution in [3.05, 3.63) is 113 Å². The van der Waals surface area contributed by atoms with Crippen LogP contribution in [0.2, 0.25) is 0 Å². The van der Waals surface area contributed by atoms with E-state index in [1.165, 1.54) is 62.9 Å². The summed E-state index contributed by atoms with van der Waals surface area (Å²) in [5.41, 5.74) is 12.7. The molecule has 3 aromatic carbocycles. The van der Waals surface area contributed by atoms with Gasteiger partial charge in [0.25, 0.3) is 0 Å². The van der Waals surface area contributed by atoms with Crippen LogP contribution in [-0.4, -0.2) is 18.0 Å². The Balaban J connectivity index is 1.50. The molecule has 188 valence electrons. The van der Waals surface area contributed by atoms with Gasteiger partial charge in [0, 0.05) is 18.5 Å². The third kappa shape index (κ3) is 5.73. The Hall–Kier alpha value is -2.90. The van der Waals surface area contributed by atoms with Crippen LogP contribution in [0.15, 0.2) is 79.4 Å². The van der Waals surface area contributed by atoms with E-state index in [0.29, 0.717) is 0 Å². The van der Waals surface area contributed by atoms with E-state index < -0.39 is 0 Å². The minimum absolute atomic E-state index is 0.262. The summed E-state index contributed by atoms with van der Waals surface area (Å²) in [6, 6.07) is 22.5. The molecule has 1 heterocycles. The lowest BCUT2D eigenvalue weighted by molar-refractivity contribution is 0.290. The SMILES string of the molecule is C=Cc1ccc(CCc2cccc(-c3cccc(CN4CCC(C)(C(=C)CCC)C4)c3C)c2C)cc1. The van der Waals surface area contributed by atoms with E-state index >= 15 is 0 Å². The van der Waals surface area contributed by atoms with Crippen LogP contribution in [0, 0.1) is 19.3 Å². The van der Waals surface area contributed by atoms with Gasteiger partial charge in [0.1, 0.15) is 0 Å². The standard InChI is InChI=1S/C35H43N/c1-7-11-26(3)35(6)22-23-36(25-35)24-32-13-10-15-34(28(32)5)33-14-9-12-31(27(33)4)21-20-30-18-16-29(8-2)17-19-30/h8-10,12-19H,2-3,7,11,20-25H2,1,4-6H3. The molecule has 0 bridgehead atoms. The van der Waals surface area contributed by atoms with Crippen LogP contribution in [0.25, 0.3) is 17.2 Å². The molecule has 0 amide bonds. The Bertz CT molecular complexity index is 1220. The number of likely N-dealkylation sites (tertiary alicyclic amines) is 1. The molecule has 0 aromatic heterocycles. The maximum absolute atomic E-state index is 4.44. The number of benzene rings is 3. The molecule has 1 heteroatoms. The van der Waals surface area contributed by atoms with Gasteiger partial charge in [0.2, 0.25) is 0 Å². The van der Waals surface area contributed by atoms with Crippen LogP contribution >= 0.6 is 0 Å². The number of nitrogens with zero attached hydrogens (tertiary/aromatic N) is 1. The second kappa shape index (κ2) is 11.4. The fourth-order valence-electron chi connectivity index (χ4n) is 5.82. The highest BCUT2D eigenvalue weighted by Crippen LogP contribution is 2.39. The molecular formula is C35H43N. The second-order valence-electron chi connectivity index (χ2n) is 11.0. The molecule has 1 saturated heterocycles. The van der Waals surface area contributed by atoms with Gasteiger partial charge in [-0.1, -0.05) is 106 Å². The highest BCUT2D eigenvalue weighted by molar-refractivity contribution is 5.72. The maximum atomic E-state index is 4.44. The normalized spacial score (nSPS) is 17.9. The van der Waals surface area contributed by atoms with E-state index in [1.807, 2.05) is 6.08 Å². The van der Waals surface area contributed by atoms with Gasteiger partial charge in [-0.25, -0.2) is 0 Å². The van der Waals surface area contributed by atoms with Gasteiger partial charge in [0.15, 0.2) is 0 Å². The summed E-state index contributed by atoms with van der Waals surface area (Å²) in [5, 5.41) is 0. The van der Waals surface area contributed by atoms with Crippen molar-refractivity contribution in [2.75, 3.05) is 13.1 Å². The molecule has 0 N–H and O–H groups in total. The summed E-state index contributed by atoms with van der Waals surface area (Å²) >= 11 is 0. The Morgan fingerprint density at radius 2 is 1.56 bits per heavy atom. The number of hydrogen-bond acceptors (Lipinski definition) is 1. The highest BCUT2D eigenvalue weighted by Gasteiger charge is 2.35. The van der Waals surface area contributed by atoms with Crippen molar-refractivity contribution in [2.24, 2.45) is 5.41 Å². The van der Waals surface area contributed by atoms with E-state index in [-0.39, 0.29) is 5.41 Å². The molecule has 0 spiro atoms. The predicted molar refractivity (Wildman–Crippen MR) is 157 cm³/mol. The molecule has 4 rings (SSSR count). The first-order valence-corrected chi connectivity index (χ1v) is 13.6.